The number of carbonyl (C=O) groups excluding carboxylic acids is 1. The molecule has 2 aromatic rings. The summed E-state index contributed by atoms with van der Waals surface area (Å²) in [6, 6.07) is 10.2. The fourth-order valence-corrected chi connectivity index (χ4v) is 2.87. The van der Waals surface area contributed by atoms with Crippen LogP contribution in [0.3, 0.4) is 0 Å². The van der Waals surface area contributed by atoms with Crippen molar-refractivity contribution >= 4 is 28.2 Å². The number of nitrogens with one attached hydrogen (secondary N) is 3. The third-order valence-corrected chi connectivity index (χ3v) is 3.88. The van der Waals surface area contributed by atoms with Gasteiger partial charge in [-0.1, -0.05) is 41.7 Å². The SMILES string of the molecule is O=C(Nc1[nH+]cc(Cc2ccccc2)s1)C1=NCCN1. The Morgan fingerprint density at radius 3 is 3.00 bits per heavy atom. The quantitative estimate of drug-likeness (QED) is 0.884. The van der Waals surface area contributed by atoms with Gasteiger partial charge < -0.3 is 5.32 Å². The van der Waals surface area contributed by atoms with Crippen LogP contribution in [0.2, 0.25) is 0 Å². The average molecular weight is 287 g/mol. The van der Waals surface area contributed by atoms with Gasteiger partial charge in [0.05, 0.1) is 11.4 Å². The zero-order valence-electron chi connectivity index (χ0n) is 10.8. The fourth-order valence-electron chi connectivity index (χ4n) is 1.99. The third-order valence-electron chi connectivity index (χ3n) is 2.93. The van der Waals surface area contributed by atoms with Crippen LogP contribution < -0.4 is 15.6 Å². The number of anilines is 1. The lowest BCUT2D eigenvalue weighted by atomic mass is 10.1. The van der Waals surface area contributed by atoms with Crippen molar-refractivity contribution in [1.29, 1.82) is 0 Å². The second-order valence-electron chi connectivity index (χ2n) is 4.46. The second kappa shape index (κ2) is 5.83. The molecule has 0 unspecified atom stereocenters. The number of aromatic nitrogens is 1. The van der Waals surface area contributed by atoms with Crippen molar-refractivity contribution in [2.45, 2.75) is 6.42 Å². The minimum Gasteiger partial charge on any atom is -0.362 e. The molecule has 3 N–H and O–H groups in total. The van der Waals surface area contributed by atoms with Crippen LogP contribution in [0.4, 0.5) is 5.13 Å². The first-order valence-electron chi connectivity index (χ1n) is 6.45. The number of aliphatic imine (C=N–C) groups is 1. The molecule has 1 amide bonds. The monoisotopic (exact) mass is 287 g/mol. The van der Waals surface area contributed by atoms with Crippen molar-refractivity contribution in [2.75, 3.05) is 18.4 Å². The molecule has 102 valence electrons. The van der Waals surface area contributed by atoms with Crippen LogP contribution in [0.15, 0.2) is 41.5 Å². The van der Waals surface area contributed by atoms with Gasteiger partial charge in [-0.05, 0) is 5.56 Å². The number of H-pyrrole nitrogens is 1. The van der Waals surface area contributed by atoms with E-state index in [1.165, 1.54) is 10.4 Å². The van der Waals surface area contributed by atoms with Crippen LogP contribution in [0.1, 0.15) is 10.4 Å². The van der Waals surface area contributed by atoms with Crippen LogP contribution in [0, 0.1) is 0 Å². The maximum absolute atomic E-state index is 11.9. The minimum absolute atomic E-state index is 0.188. The lowest BCUT2D eigenvalue weighted by Crippen LogP contribution is -2.33. The largest absolute Gasteiger partial charge is 0.374 e. The van der Waals surface area contributed by atoms with E-state index in [1.807, 2.05) is 24.4 Å². The van der Waals surface area contributed by atoms with Crippen LogP contribution in [0.25, 0.3) is 0 Å². The Morgan fingerprint density at radius 2 is 2.25 bits per heavy atom. The van der Waals surface area contributed by atoms with Crippen LogP contribution in [0.5, 0.6) is 0 Å². The minimum atomic E-state index is -0.188. The lowest BCUT2D eigenvalue weighted by Gasteiger charge is -1.96. The molecule has 6 heteroatoms. The number of hydrogen-bond donors (Lipinski definition) is 2. The fraction of sp³-hybridized carbons (Fsp3) is 0.214. The zero-order chi connectivity index (χ0) is 13.8. The molecular weight excluding hydrogens is 272 g/mol. The average Bonchev–Trinajstić information content (AvgIpc) is 3.11. The highest BCUT2D eigenvalue weighted by Gasteiger charge is 2.21. The van der Waals surface area contributed by atoms with E-state index in [9.17, 15) is 4.79 Å². The number of rotatable bonds is 4. The van der Waals surface area contributed by atoms with Gasteiger partial charge in [0.25, 0.3) is 0 Å². The topological polar surface area (TPSA) is 67.6 Å². The summed E-state index contributed by atoms with van der Waals surface area (Å²) in [7, 11) is 0. The highest BCUT2D eigenvalue weighted by atomic mass is 32.1. The Morgan fingerprint density at radius 1 is 1.40 bits per heavy atom. The number of hydrogen-bond acceptors (Lipinski definition) is 4. The van der Waals surface area contributed by atoms with E-state index in [1.54, 1.807) is 11.3 Å². The zero-order valence-corrected chi connectivity index (χ0v) is 11.7. The van der Waals surface area contributed by atoms with Gasteiger partial charge in [0, 0.05) is 13.0 Å². The molecule has 0 radical (unpaired) electrons. The summed E-state index contributed by atoms with van der Waals surface area (Å²) < 4.78 is 0. The lowest BCUT2D eigenvalue weighted by molar-refractivity contribution is -0.354. The van der Waals surface area contributed by atoms with Gasteiger partial charge in [-0.25, -0.2) is 9.78 Å². The summed E-state index contributed by atoms with van der Waals surface area (Å²) >= 11 is 1.54. The number of nitrogens with zero attached hydrogens (tertiary/aromatic N) is 1. The molecule has 1 aromatic carbocycles. The van der Waals surface area contributed by atoms with E-state index in [0.717, 1.165) is 18.1 Å². The van der Waals surface area contributed by atoms with Crippen molar-refractivity contribution in [3.8, 4) is 0 Å². The van der Waals surface area contributed by atoms with E-state index in [2.05, 4.69) is 32.7 Å². The van der Waals surface area contributed by atoms with Crippen LogP contribution in [-0.2, 0) is 11.2 Å². The van der Waals surface area contributed by atoms with E-state index in [0.29, 0.717) is 12.4 Å². The van der Waals surface area contributed by atoms with Gasteiger partial charge in [-0.2, -0.15) is 5.32 Å². The molecule has 0 aliphatic carbocycles. The number of amides is 1. The molecular formula is C14H15N4OS+. The summed E-state index contributed by atoms with van der Waals surface area (Å²) in [5, 5.41) is 6.51. The summed E-state index contributed by atoms with van der Waals surface area (Å²) in [6.45, 7) is 1.40. The standard InChI is InChI=1S/C14H14N4OS/c19-13(12-15-6-7-16-12)18-14-17-9-11(20-14)8-10-4-2-1-3-5-10/h1-5,9H,6-8H2,(H,15,16)(H,17,18,19)/p+1. The van der Waals surface area contributed by atoms with Crippen molar-refractivity contribution < 1.29 is 9.78 Å². The Bertz CT molecular complexity index is 636. The molecule has 0 atom stereocenters. The number of thiazole rings is 1. The predicted molar refractivity (Wildman–Crippen MR) is 79.1 cm³/mol. The molecule has 5 nitrogen and oxygen atoms in total. The number of benzene rings is 1. The number of amidine groups is 1. The maximum atomic E-state index is 11.9. The molecule has 3 rings (SSSR count). The molecule has 2 heterocycles. The van der Waals surface area contributed by atoms with Gasteiger partial charge in [0.2, 0.25) is 5.84 Å². The van der Waals surface area contributed by atoms with Gasteiger partial charge >= 0.3 is 11.0 Å². The molecule has 1 aliphatic rings. The normalized spacial score (nSPS) is 13.7. The van der Waals surface area contributed by atoms with Gasteiger partial charge in [-0.15, -0.1) is 0 Å². The molecule has 0 fully saturated rings. The van der Waals surface area contributed by atoms with E-state index >= 15 is 0 Å². The molecule has 0 saturated carbocycles. The molecule has 0 saturated heterocycles. The molecule has 0 spiro atoms. The van der Waals surface area contributed by atoms with Crippen molar-refractivity contribution in [2.24, 2.45) is 4.99 Å². The van der Waals surface area contributed by atoms with E-state index < -0.39 is 0 Å². The first-order chi connectivity index (χ1) is 9.81. The summed E-state index contributed by atoms with van der Waals surface area (Å²) in [5.74, 6) is 0.225. The van der Waals surface area contributed by atoms with E-state index in [4.69, 9.17) is 0 Å². The second-order valence-corrected chi connectivity index (χ2v) is 5.60. The van der Waals surface area contributed by atoms with Crippen molar-refractivity contribution in [3.63, 3.8) is 0 Å². The number of carbonyl (C=O) groups is 1. The Kier molecular flexibility index (Phi) is 3.73. The highest BCUT2D eigenvalue weighted by molar-refractivity contribution is 7.15. The predicted octanol–water partition coefficient (Wildman–Crippen LogP) is 1.09. The number of aromatic amines is 1. The highest BCUT2D eigenvalue weighted by Crippen LogP contribution is 2.18. The van der Waals surface area contributed by atoms with Crippen molar-refractivity contribution in [1.82, 2.24) is 5.32 Å². The molecule has 1 aromatic heterocycles. The summed E-state index contributed by atoms with van der Waals surface area (Å²) in [4.78, 5) is 20.2. The smallest absolute Gasteiger partial charge is 0.362 e. The molecule has 20 heavy (non-hydrogen) atoms. The summed E-state index contributed by atoms with van der Waals surface area (Å²) in [5.41, 5.74) is 1.25. The van der Waals surface area contributed by atoms with Crippen LogP contribution in [-0.4, -0.2) is 24.8 Å². The van der Waals surface area contributed by atoms with Gasteiger partial charge in [-0.3, -0.25) is 4.99 Å². The van der Waals surface area contributed by atoms with Gasteiger partial charge in [0.15, 0.2) is 0 Å². The first-order valence-corrected chi connectivity index (χ1v) is 7.27. The van der Waals surface area contributed by atoms with Crippen LogP contribution >= 0.6 is 11.3 Å². The Hall–Kier alpha value is -2.21. The summed E-state index contributed by atoms with van der Waals surface area (Å²) in [6.07, 6.45) is 2.79. The molecule has 1 aliphatic heterocycles. The Balaban J connectivity index is 1.63. The van der Waals surface area contributed by atoms with Crippen molar-refractivity contribution in [3.05, 3.63) is 47.0 Å². The Labute approximate surface area is 120 Å². The van der Waals surface area contributed by atoms with Gasteiger partial charge in [0.1, 0.15) is 6.20 Å². The first kappa shape index (κ1) is 12.8. The third kappa shape index (κ3) is 3.03. The maximum Gasteiger partial charge on any atom is 0.374 e. The van der Waals surface area contributed by atoms with E-state index in [-0.39, 0.29) is 5.91 Å². The molecule has 0 bridgehead atoms.